The first-order valence-electron chi connectivity index (χ1n) is 3.12. The average Bonchev–Trinajstić information content (AvgIpc) is 2.37. The lowest BCUT2D eigenvalue weighted by Crippen LogP contribution is -1.78. The standard InChI is InChI=1S/C7H6BrNS2/c1-3-2-4-6(10-3)5(9)7(8)11-4/h2H,9H2,1H3. The molecule has 0 spiro atoms. The van der Waals surface area contributed by atoms with E-state index in [1.807, 2.05) is 0 Å². The zero-order valence-corrected chi connectivity index (χ0v) is 9.07. The maximum absolute atomic E-state index is 5.83. The van der Waals surface area contributed by atoms with Gasteiger partial charge < -0.3 is 5.73 Å². The molecule has 0 saturated heterocycles. The van der Waals surface area contributed by atoms with Crippen molar-refractivity contribution in [3.8, 4) is 0 Å². The van der Waals surface area contributed by atoms with Crippen LogP contribution in [0.2, 0.25) is 0 Å². The van der Waals surface area contributed by atoms with Gasteiger partial charge in [-0.1, -0.05) is 0 Å². The number of anilines is 1. The lowest BCUT2D eigenvalue weighted by Gasteiger charge is -1.84. The zero-order chi connectivity index (χ0) is 8.01. The Bertz CT molecular complexity index is 402. The van der Waals surface area contributed by atoms with E-state index in [0.29, 0.717) is 0 Å². The van der Waals surface area contributed by atoms with E-state index in [-0.39, 0.29) is 0 Å². The van der Waals surface area contributed by atoms with Crippen LogP contribution < -0.4 is 5.73 Å². The summed E-state index contributed by atoms with van der Waals surface area (Å²) in [6, 6.07) is 2.17. The van der Waals surface area contributed by atoms with Crippen molar-refractivity contribution in [2.24, 2.45) is 0 Å². The number of fused-ring (bicyclic) bond motifs is 1. The maximum atomic E-state index is 5.83. The van der Waals surface area contributed by atoms with Crippen LogP contribution in [0.5, 0.6) is 0 Å². The minimum absolute atomic E-state index is 0.892. The number of thiophene rings is 2. The Hall–Kier alpha value is -0.0600. The third kappa shape index (κ3) is 1.09. The van der Waals surface area contributed by atoms with Crippen LogP contribution in [0.25, 0.3) is 9.40 Å². The molecule has 1 nitrogen and oxygen atoms in total. The normalized spacial score (nSPS) is 11.1. The fourth-order valence-electron chi connectivity index (χ4n) is 0.995. The quantitative estimate of drug-likeness (QED) is 0.757. The molecule has 0 saturated carbocycles. The van der Waals surface area contributed by atoms with Gasteiger partial charge in [0.05, 0.1) is 14.2 Å². The van der Waals surface area contributed by atoms with Gasteiger partial charge in [0.25, 0.3) is 0 Å². The minimum atomic E-state index is 0.892. The van der Waals surface area contributed by atoms with E-state index < -0.39 is 0 Å². The Morgan fingerprint density at radius 1 is 1.45 bits per heavy atom. The van der Waals surface area contributed by atoms with E-state index in [2.05, 4.69) is 28.9 Å². The molecule has 11 heavy (non-hydrogen) atoms. The molecule has 0 aliphatic heterocycles. The topological polar surface area (TPSA) is 26.0 Å². The fourth-order valence-corrected chi connectivity index (χ4v) is 3.95. The van der Waals surface area contributed by atoms with Crippen LogP contribution in [-0.2, 0) is 0 Å². The SMILES string of the molecule is Cc1cc2sc(Br)c(N)c2s1. The Morgan fingerprint density at radius 2 is 2.18 bits per heavy atom. The van der Waals surface area contributed by atoms with Crippen molar-refractivity contribution in [1.82, 2.24) is 0 Å². The van der Waals surface area contributed by atoms with Gasteiger partial charge in [-0.25, -0.2) is 0 Å². The highest BCUT2D eigenvalue weighted by Gasteiger charge is 2.08. The third-order valence-electron chi connectivity index (χ3n) is 1.48. The second kappa shape index (κ2) is 2.47. The predicted octanol–water partition coefficient (Wildman–Crippen LogP) is 3.62. The van der Waals surface area contributed by atoms with Gasteiger partial charge in [0, 0.05) is 9.58 Å². The number of nitrogens with two attached hydrogens (primary N) is 1. The summed E-state index contributed by atoms with van der Waals surface area (Å²) in [7, 11) is 0. The zero-order valence-electron chi connectivity index (χ0n) is 5.85. The molecule has 0 aliphatic carbocycles. The van der Waals surface area contributed by atoms with Gasteiger partial charge in [-0.05, 0) is 28.9 Å². The van der Waals surface area contributed by atoms with E-state index in [0.717, 1.165) is 9.47 Å². The molecule has 0 atom stereocenters. The van der Waals surface area contributed by atoms with Crippen LogP contribution in [0.3, 0.4) is 0 Å². The van der Waals surface area contributed by atoms with Gasteiger partial charge in [-0.3, -0.25) is 0 Å². The summed E-state index contributed by atoms with van der Waals surface area (Å²) >= 11 is 6.87. The van der Waals surface area contributed by atoms with Crippen molar-refractivity contribution in [3.05, 3.63) is 14.7 Å². The molecule has 0 amide bonds. The van der Waals surface area contributed by atoms with Crippen LogP contribution >= 0.6 is 38.6 Å². The van der Waals surface area contributed by atoms with Crippen molar-refractivity contribution in [2.45, 2.75) is 6.92 Å². The Morgan fingerprint density at radius 3 is 2.82 bits per heavy atom. The van der Waals surface area contributed by atoms with Crippen molar-refractivity contribution >= 4 is 53.7 Å². The van der Waals surface area contributed by atoms with E-state index in [9.17, 15) is 0 Å². The smallest absolute Gasteiger partial charge is 0.0948 e. The Labute approximate surface area is 81.0 Å². The predicted molar refractivity (Wildman–Crippen MR) is 56.6 cm³/mol. The van der Waals surface area contributed by atoms with Gasteiger partial charge in [-0.2, -0.15) is 0 Å². The molecular weight excluding hydrogens is 242 g/mol. The minimum Gasteiger partial charge on any atom is -0.396 e. The molecule has 0 aliphatic rings. The first kappa shape index (κ1) is 7.58. The van der Waals surface area contributed by atoms with E-state index in [4.69, 9.17) is 5.73 Å². The van der Waals surface area contributed by atoms with Gasteiger partial charge in [0.2, 0.25) is 0 Å². The van der Waals surface area contributed by atoms with Crippen LogP contribution in [0.4, 0.5) is 5.69 Å². The third-order valence-corrected chi connectivity index (χ3v) is 4.54. The lowest BCUT2D eigenvalue weighted by atomic mass is 10.4. The number of halogens is 1. The highest BCUT2D eigenvalue weighted by atomic mass is 79.9. The summed E-state index contributed by atoms with van der Waals surface area (Å²) in [5.41, 5.74) is 6.72. The fraction of sp³-hybridized carbons (Fsp3) is 0.143. The Balaban J connectivity index is 2.88. The van der Waals surface area contributed by atoms with Gasteiger partial charge in [-0.15, -0.1) is 22.7 Å². The number of hydrogen-bond acceptors (Lipinski definition) is 3. The van der Waals surface area contributed by atoms with Crippen LogP contribution in [0.15, 0.2) is 9.85 Å². The first-order valence-corrected chi connectivity index (χ1v) is 5.55. The molecule has 0 radical (unpaired) electrons. The summed E-state index contributed by atoms with van der Waals surface area (Å²) < 4.78 is 3.56. The molecule has 0 bridgehead atoms. The lowest BCUT2D eigenvalue weighted by molar-refractivity contribution is 1.66. The van der Waals surface area contributed by atoms with E-state index >= 15 is 0 Å². The van der Waals surface area contributed by atoms with Crippen LogP contribution in [0, 0.1) is 6.92 Å². The van der Waals surface area contributed by atoms with E-state index in [1.54, 1.807) is 22.7 Å². The summed E-state index contributed by atoms with van der Waals surface area (Å²) in [5, 5.41) is 0. The van der Waals surface area contributed by atoms with Crippen molar-refractivity contribution < 1.29 is 0 Å². The molecular formula is C7H6BrNS2. The van der Waals surface area contributed by atoms with Crippen LogP contribution in [-0.4, -0.2) is 0 Å². The van der Waals surface area contributed by atoms with Crippen molar-refractivity contribution in [1.29, 1.82) is 0 Å². The summed E-state index contributed by atoms with van der Waals surface area (Å²) in [6.07, 6.45) is 0. The molecule has 2 aromatic rings. The summed E-state index contributed by atoms with van der Waals surface area (Å²) in [5.74, 6) is 0. The number of rotatable bonds is 0. The molecule has 0 aromatic carbocycles. The van der Waals surface area contributed by atoms with Crippen molar-refractivity contribution in [3.63, 3.8) is 0 Å². The van der Waals surface area contributed by atoms with Crippen LogP contribution in [0.1, 0.15) is 4.88 Å². The molecule has 2 rings (SSSR count). The molecule has 58 valence electrons. The molecule has 2 aromatic heterocycles. The van der Waals surface area contributed by atoms with Gasteiger partial charge in [0.1, 0.15) is 0 Å². The number of nitrogen functional groups attached to an aromatic ring is 1. The Kier molecular flexibility index (Phi) is 1.70. The van der Waals surface area contributed by atoms with Crippen molar-refractivity contribution in [2.75, 3.05) is 5.73 Å². The first-order chi connectivity index (χ1) is 5.18. The summed E-state index contributed by atoms with van der Waals surface area (Å²) in [4.78, 5) is 1.32. The second-order valence-corrected chi connectivity index (χ2v) is 5.97. The highest BCUT2D eigenvalue weighted by molar-refractivity contribution is 9.11. The molecule has 4 heteroatoms. The van der Waals surface area contributed by atoms with E-state index in [1.165, 1.54) is 14.3 Å². The molecule has 2 N–H and O–H groups in total. The molecule has 0 unspecified atom stereocenters. The second-order valence-electron chi connectivity index (χ2n) is 2.34. The highest BCUT2D eigenvalue weighted by Crippen LogP contribution is 2.41. The molecule has 0 fully saturated rings. The van der Waals surface area contributed by atoms with Gasteiger partial charge >= 0.3 is 0 Å². The van der Waals surface area contributed by atoms with Gasteiger partial charge in [0.15, 0.2) is 0 Å². The monoisotopic (exact) mass is 247 g/mol. The number of hydrogen-bond donors (Lipinski definition) is 1. The maximum Gasteiger partial charge on any atom is 0.0948 e. The largest absolute Gasteiger partial charge is 0.396 e. The summed E-state index contributed by atoms with van der Waals surface area (Å²) in [6.45, 7) is 2.10. The average molecular weight is 248 g/mol. The molecule has 2 heterocycles. The number of aryl methyl sites for hydroxylation is 1.